The number of nitrogens with one attached hydrogen (secondary N) is 2. The Hall–Kier alpha value is -1.52. The normalized spacial score (nSPS) is 21.1. The van der Waals surface area contributed by atoms with E-state index in [-0.39, 0.29) is 12.0 Å². The number of hydrogen-bond acceptors (Lipinski definition) is 4. The number of hydrazine groups is 1. The number of aliphatic hydroxyl groups excluding tert-OH is 1. The fourth-order valence-corrected chi connectivity index (χ4v) is 2.66. The molecule has 4 heteroatoms. The zero-order valence-corrected chi connectivity index (χ0v) is 11.4. The largest absolute Gasteiger partial charge is 0.393 e. The monoisotopic (exact) mass is 261 g/mol. The lowest BCUT2D eigenvalue weighted by molar-refractivity contribution is 0.128. The number of hydrogen-bond donors (Lipinski definition) is 4. The predicted octanol–water partition coefficient (Wildman–Crippen LogP) is 1.63. The summed E-state index contributed by atoms with van der Waals surface area (Å²) >= 11 is 0. The van der Waals surface area contributed by atoms with E-state index in [4.69, 9.17) is 5.84 Å². The van der Waals surface area contributed by atoms with Crippen molar-refractivity contribution in [2.24, 2.45) is 11.8 Å². The SMILES string of the molecule is CC(O)C1CCCC(NN)=C1NCc1ccccc1. The molecule has 0 radical (unpaired) electrons. The standard InChI is InChI=1S/C15H23N3O/c1-11(19)13-8-5-9-14(18-16)15(13)17-10-12-6-3-2-4-7-12/h2-4,6-7,11,13,17-19H,5,8-10,16H2,1H3. The van der Waals surface area contributed by atoms with Crippen molar-refractivity contribution in [3.8, 4) is 0 Å². The Labute approximate surface area is 114 Å². The van der Waals surface area contributed by atoms with E-state index in [1.54, 1.807) is 0 Å². The summed E-state index contributed by atoms with van der Waals surface area (Å²) in [6.07, 6.45) is 2.64. The Morgan fingerprint density at radius 3 is 2.74 bits per heavy atom. The maximum Gasteiger partial charge on any atom is 0.0595 e. The summed E-state index contributed by atoms with van der Waals surface area (Å²) < 4.78 is 0. The molecule has 104 valence electrons. The Bertz CT molecular complexity index is 428. The average molecular weight is 261 g/mol. The van der Waals surface area contributed by atoms with E-state index >= 15 is 0 Å². The van der Waals surface area contributed by atoms with Gasteiger partial charge in [0.2, 0.25) is 0 Å². The minimum atomic E-state index is -0.359. The van der Waals surface area contributed by atoms with E-state index in [1.165, 1.54) is 5.56 Å². The van der Waals surface area contributed by atoms with Crippen molar-refractivity contribution >= 4 is 0 Å². The van der Waals surface area contributed by atoms with Crippen LogP contribution in [0, 0.1) is 5.92 Å². The smallest absolute Gasteiger partial charge is 0.0595 e. The highest BCUT2D eigenvalue weighted by Gasteiger charge is 2.26. The Kier molecular flexibility index (Phi) is 4.82. The molecule has 1 aliphatic carbocycles. The fraction of sp³-hybridized carbons (Fsp3) is 0.467. The molecule has 0 saturated heterocycles. The maximum absolute atomic E-state index is 9.92. The highest BCUT2D eigenvalue weighted by molar-refractivity contribution is 5.21. The van der Waals surface area contributed by atoms with Gasteiger partial charge in [-0.2, -0.15) is 0 Å². The second kappa shape index (κ2) is 6.59. The fourth-order valence-electron chi connectivity index (χ4n) is 2.66. The van der Waals surface area contributed by atoms with Crippen molar-refractivity contribution in [3.05, 3.63) is 47.3 Å². The summed E-state index contributed by atoms with van der Waals surface area (Å²) in [6, 6.07) is 10.2. The Balaban J connectivity index is 2.11. The van der Waals surface area contributed by atoms with Crippen molar-refractivity contribution in [2.75, 3.05) is 0 Å². The maximum atomic E-state index is 9.92. The number of benzene rings is 1. The topological polar surface area (TPSA) is 70.3 Å². The van der Waals surface area contributed by atoms with Crippen LogP contribution in [-0.4, -0.2) is 11.2 Å². The van der Waals surface area contributed by atoms with Crippen LogP contribution in [0.5, 0.6) is 0 Å². The van der Waals surface area contributed by atoms with Gasteiger partial charge >= 0.3 is 0 Å². The molecule has 0 heterocycles. The first kappa shape index (κ1) is 13.9. The minimum Gasteiger partial charge on any atom is -0.393 e. The van der Waals surface area contributed by atoms with E-state index in [1.807, 2.05) is 25.1 Å². The molecule has 2 atom stereocenters. The number of allylic oxidation sites excluding steroid dienone is 1. The minimum absolute atomic E-state index is 0.142. The van der Waals surface area contributed by atoms with Gasteiger partial charge in [-0.3, -0.25) is 5.84 Å². The molecule has 1 aromatic rings. The summed E-state index contributed by atoms with van der Waals surface area (Å²) in [4.78, 5) is 0. The summed E-state index contributed by atoms with van der Waals surface area (Å²) in [5.41, 5.74) is 6.09. The van der Waals surface area contributed by atoms with Crippen LogP contribution in [0.25, 0.3) is 0 Å². The highest BCUT2D eigenvalue weighted by Crippen LogP contribution is 2.29. The van der Waals surface area contributed by atoms with Gasteiger partial charge in [-0.1, -0.05) is 30.3 Å². The molecule has 0 amide bonds. The van der Waals surface area contributed by atoms with Gasteiger partial charge in [-0.25, -0.2) is 0 Å². The number of aliphatic hydroxyl groups is 1. The van der Waals surface area contributed by atoms with Gasteiger partial charge in [0.25, 0.3) is 0 Å². The van der Waals surface area contributed by atoms with E-state index in [9.17, 15) is 5.11 Å². The van der Waals surface area contributed by atoms with Crippen LogP contribution < -0.4 is 16.6 Å². The third-order valence-corrected chi connectivity index (χ3v) is 3.72. The molecule has 5 N–H and O–H groups in total. The first-order valence-corrected chi connectivity index (χ1v) is 6.88. The molecule has 1 aliphatic rings. The Morgan fingerprint density at radius 2 is 2.11 bits per heavy atom. The molecule has 0 aromatic heterocycles. The summed E-state index contributed by atoms with van der Waals surface area (Å²) in [7, 11) is 0. The van der Waals surface area contributed by atoms with Crippen LogP contribution >= 0.6 is 0 Å². The van der Waals surface area contributed by atoms with Gasteiger partial charge in [0, 0.05) is 23.9 Å². The van der Waals surface area contributed by atoms with Gasteiger partial charge in [0.05, 0.1) is 6.10 Å². The molecule has 0 spiro atoms. The molecule has 19 heavy (non-hydrogen) atoms. The third-order valence-electron chi connectivity index (χ3n) is 3.72. The molecule has 4 nitrogen and oxygen atoms in total. The number of rotatable bonds is 5. The summed E-state index contributed by atoms with van der Waals surface area (Å²) in [5.74, 6) is 5.74. The van der Waals surface area contributed by atoms with E-state index in [2.05, 4.69) is 22.9 Å². The predicted molar refractivity (Wildman–Crippen MR) is 76.7 cm³/mol. The lowest BCUT2D eigenvalue weighted by atomic mass is 9.86. The quantitative estimate of drug-likeness (QED) is 0.480. The van der Waals surface area contributed by atoms with E-state index in [0.29, 0.717) is 0 Å². The van der Waals surface area contributed by atoms with Gasteiger partial charge < -0.3 is 15.8 Å². The molecule has 0 bridgehead atoms. The van der Waals surface area contributed by atoms with E-state index in [0.717, 1.165) is 37.2 Å². The van der Waals surface area contributed by atoms with Crippen LogP contribution in [0.2, 0.25) is 0 Å². The molecule has 0 saturated carbocycles. The summed E-state index contributed by atoms with van der Waals surface area (Å²) in [5, 5.41) is 13.4. The van der Waals surface area contributed by atoms with Gasteiger partial charge in [-0.15, -0.1) is 0 Å². The Morgan fingerprint density at radius 1 is 1.37 bits per heavy atom. The second-order valence-electron chi connectivity index (χ2n) is 5.12. The van der Waals surface area contributed by atoms with Crippen molar-refractivity contribution in [2.45, 2.75) is 38.8 Å². The summed E-state index contributed by atoms with van der Waals surface area (Å²) in [6.45, 7) is 2.60. The molecule has 0 aliphatic heterocycles. The average Bonchev–Trinajstić information content (AvgIpc) is 2.45. The zero-order valence-electron chi connectivity index (χ0n) is 11.4. The molecule has 2 unspecified atom stereocenters. The molecule has 1 aromatic carbocycles. The van der Waals surface area contributed by atoms with E-state index < -0.39 is 0 Å². The molecular weight excluding hydrogens is 238 g/mol. The van der Waals surface area contributed by atoms with Crippen molar-refractivity contribution in [3.63, 3.8) is 0 Å². The van der Waals surface area contributed by atoms with Gasteiger partial charge in [-0.05, 0) is 31.7 Å². The third kappa shape index (κ3) is 3.49. The first-order chi connectivity index (χ1) is 9.22. The second-order valence-corrected chi connectivity index (χ2v) is 5.12. The van der Waals surface area contributed by atoms with Gasteiger partial charge in [0.1, 0.15) is 0 Å². The van der Waals surface area contributed by atoms with Crippen LogP contribution in [0.1, 0.15) is 31.7 Å². The van der Waals surface area contributed by atoms with Crippen molar-refractivity contribution < 1.29 is 5.11 Å². The zero-order chi connectivity index (χ0) is 13.7. The van der Waals surface area contributed by atoms with Crippen LogP contribution in [-0.2, 0) is 6.54 Å². The van der Waals surface area contributed by atoms with Crippen molar-refractivity contribution in [1.29, 1.82) is 0 Å². The van der Waals surface area contributed by atoms with Crippen molar-refractivity contribution in [1.82, 2.24) is 10.7 Å². The first-order valence-electron chi connectivity index (χ1n) is 6.88. The lowest BCUT2D eigenvalue weighted by Gasteiger charge is -2.31. The van der Waals surface area contributed by atoms with Crippen LogP contribution in [0.4, 0.5) is 0 Å². The van der Waals surface area contributed by atoms with Crippen LogP contribution in [0.3, 0.4) is 0 Å². The molecule has 2 rings (SSSR count). The lowest BCUT2D eigenvalue weighted by Crippen LogP contribution is -2.36. The number of nitrogens with two attached hydrogens (primary N) is 1. The molecule has 0 fully saturated rings. The molecular formula is C15H23N3O. The van der Waals surface area contributed by atoms with Crippen LogP contribution in [0.15, 0.2) is 41.7 Å². The highest BCUT2D eigenvalue weighted by atomic mass is 16.3. The van der Waals surface area contributed by atoms with Gasteiger partial charge in [0.15, 0.2) is 0 Å².